The lowest BCUT2D eigenvalue weighted by atomic mass is 10.3. The normalized spacial score (nSPS) is 18.5. The standard InChI is InChI=1S/C9H15NOS/c1-3-6-10(8-4-5-8)9(11)7(2)12/h3,7-8,12H,1,4-6H2,2H3. The Labute approximate surface area is 79.0 Å². The highest BCUT2D eigenvalue weighted by Crippen LogP contribution is 2.27. The Hall–Kier alpha value is -0.440. The summed E-state index contributed by atoms with van der Waals surface area (Å²) in [6.07, 6.45) is 4.05. The first-order chi connectivity index (χ1) is 5.66. The van der Waals surface area contributed by atoms with Gasteiger partial charge >= 0.3 is 0 Å². The van der Waals surface area contributed by atoms with E-state index in [1.807, 2.05) is 11.8 Å². The molecule has 0 N–H and O–H groups in total. The molecule has 0 saturated heterocycles. The summed E-state index contributed by atoms with van der Waals surface area (Å²) in [6, 6.07) is 0.463. The number of carbonyl (C=O) groups excluding carboxylic acids is 1. The van der Waals surface area contributed by atoms with E-state index in [1.165, 1.54) is 0 Å². The highest BCUT2D eigenvalue weighted by atomic mass is 32.1. The van der Waals surface area contributed by atoms with Crippen LogP contribution in [0.4, 0.5) is 0 Å². The Morgan fingerprint density at radius 2 is 2.42 bits per heavy atom. The van der Waals surface area contributed by atoms with Crippen molar-refractivity contribution in [1.82, 2.24) is 4.90 Å². The molecule has 1 amide bonds. The van der Waals surface area contributed by atoms with Crippen molar-refractivity contribution >= 4 is 18.5 Å². The van der Waals surface area contributed by atoms with Gasteiger partial charge in [0, 0.05) is 12.6 Å². The van der Waals surface area contributed by atoms with E-state index in [0.717, 1.165) is 12.8 Å². The number of amides is 1. The molecule has 0 aliphatic heterocycles. The number of hydrogen-bond donors (Lipinski definition) is 1. The predicted octanol–water partition coefficient (Wildman–Crippen LogP) is 1.48. The van der Waals surface area contributed by atoms with Gasteiger partial charge in [-0.2, -0.15) is 12.6 Å². The smallest absolute Gasteiger partial charge is 0.235 e. The van der Waals surface area contributed by atoms with Gasteiger partial charge in [-0.15, -0.1) is 6.58 Å². The van der Waals surface area contributed by atoms with Crippen LogP contribution in [0.1, 0.15) is 19.8 Å². The molecule has 1 fully saturated rings. The summed E-state index contributed by atoms with van der Waals surface area (Å²) in [6.45, 7) is 6.10. The number of nitrogens with zero attached hydrogens (tertiary/aromatic N) is 1. The summed E-state index contributed by atoms with van der Waals surface area (Å²) in [5.41, 5.74) is 0. The minimum atomic E-state index is -0.189. The van der Waals surface area contributed by atoms with Gasteiger partial charge in [-0.25, -0.2) is 0 Å². The zero-order valence-electron chi connectivity index (χ0n) is 7.36. The van der Waals surface area contributed by atoms with Crippen molar-refractivity contribution < 1.29 is 4.79 Å². The Morgan fingerprint density at radius 1 is 1.83 bits per heavy atom. The molecule has 68 valence electrons. The number of carbonyl (C=O) groups is 1. The van der Waals surface area contributed by atoms with Gasteiger partial charge in [-0.3, -0.25) is 4.79 Å². The molecule has 0 bridgehead atoms. The largest absolute Gasteiger partial charge is 0.335 e. The first kappa shape index (κ1) is 9.65. The highest BCUT2D eigenvalue weighted by molar-refractivity contribution is 7.81. The van der Waals surface area contributed by atoms with E-state index in [-0.39, 0.29) is 11.2 Å². The van der Waals surface area contributed by atoms with E-state index in [1.54, 1.807) is 6.08 Å². The minimum absolute atomic E-state index is 0.126. The van der Waals surface area contributed by atoms with E-state index in [2.05, 4.69) is 19.2 Å². The molecule has 3 heteroatoms. The van der Waals surface area contributed by atoms with Gasteiger partial charge in [0.2, 0.25) is 5.91 Å². The van der Waals surface area contributed by atoms with Crippen LogP contribution in [0.5, 0.6) is 0 Å². The third-order valence-electron chi connectivity index (χ3n) is 1.95. The fraction of sp³-hybridized carbons (Fsp3) is 0.667. The Morgan fingerprint density at radius 3 is 2.75 bits per heavy atom. The van der Waals surface area contributed by atoms with Crippen LogP contribution in [0.25, 0.3) is 0 Å². The minimum Gasteiger partial charge on any atom is -0.335 e. The van der Waals surface area contributed by atoms with Crippen LogP contribution in [0.2, 0.25) is 0 Å². The molecule has 1 atom stereocenters. The molecule has 1 aliphatic carbocycles. The summed E-state index contributed by atoms with van der Waals surface area (Å²) in [4.78, 5) is 13.4. The van der Waals surface area contributed by atoms with Crippen LogP contribution in [0.3, 0.4) is 0 Å². The second-order valence-electron chi connectivity index (χ2n) is 3.19. The van der Waals surface area contributed by atoms with Crippen LogP contribution >= 0.6 is 12.6 Å². The predicted molar refractivity (Wildman–Crippen MR) is 53.4 cm³/mol. The summed E-state index contributed by atoms with van der Waals surface area (Å²) in [5, 5.41) is -0.189. The van der Waals surface area contributed by atoms with Crippen molar-refractivity contribution in [2.75, 3.05) is 6.54 Å². The van der Waals surface area contributed by atoms with Gasteiger partial charge in [0.15, 0.2) is 0 Å². The fourth-order valence-electron chi connectivity index (χ4n) is 1.18. The molecule has 0 aromatic carbocycles. The van der Waals surface area contributed by atoms with Crippen molar-refractivity contribution in [2.24, 2.45) is 0 Å². The molecule has 1 unspecified atom stereocenters. The average molecular weight is 185 g/mol. The van der Waals surface area contributed by atoms with E-state index < -0.39 is 0 Å². The molecule has 0 spiro atoms. The molecule has 1 saturated carbocycles. The van der Waals surface area contributed by atoms with Crippen molar-refractivity contribution in [2.45, 2.75) is 31.1 Å². The van der Waals surface area contributed by atoms with Crippen molar-refractivity contribution in [3.8, 4) is 0 Å². The lowest BCUT2D eigenvalue weighted by Gasteiger charge is -2.22. The van der Waals surface area contributed by atoms with Gasteiger partial charge in [-0.05, 0) is 19.8 Å². The Balaban J connectivity index is 2.51. The summed E-state index contributed by atoms with van der Waals surface area (Å²) < 4.78 is 0. The van der Waals surface area contributed by atoms with E-state index in [4.69, 9.17) is 0 Å². The maximum atomic E-state index is 11.5. The first-order valence-electron chi connectivity index (χ1n) is 4.26. The van der Waals surface area contributed by atoms with Crippen LogP contribution < -0.4 is 0 Å². The maximum absolute atomic E-state index is 11.5. The van der Waals surface area contributed by atoms with Gasteiger partial charge in [0.25, 0.3) is 0 Å². The van der Waals surface area contributed by atoms with Crippen molar-refractivity contribution in [3.05, 3.63) is 12.7 Å². The van der Waals surface area contributed by atoms with Crippen molar-refractivity contribution in [3.63, 3.8) is 0 Å². The third-order valence-corrected chi connectivity index (χ3v) is 2.17. The first-order valence-corrected chi connectivity index (χ1v) is 4.78. The van der Waals surface area contributed by atoms with Gasteiger partial charge in [-0.1, -0.05) is 6.08 Å². The summed E-state index contributed by atoms with van der Waals surface area (Å²) >= 11 is 4.12. The molecule has 1 aliphatic rings. The SMILES string of the molecule is C=CCN(C(=O)C(C)S)C1CC1. The molecular formula is C9H15NOS. The zero-order chi connectivity index (χ0) is 9.14. The fourth-order valence-corrected chi connectivity index (χ4v) is 1.33. The zero-order valence-corrected chi connectivity index (χ0v) is 8.26. The van der Waals surface area contributed by atoms with Crippen molar-refractivity contribution in [1.29, 1.82) is 0 Å². The Kier molecular flexibility index (Phi) is 3.20. The molecule has 2 nitrogen and oxygen atoms in total. The maximum Gasteiger partial charge on any atom is 0.235 e. The monoisotopic (exact) mass is 185 g/mol. The van der Waals surface area contributed by atoms with E-state index in [9.17, 15) is 4.79 Å². The van der Waals surface area contributed by atoms with E-state index in [0.29, 0.717) is 12.6 Å². The molecule has 0 aromatic heterocycles. The van der Waals surface area contributed by atoms with Gasteiger partial charge < -0.3 is 4.90 Å². The van der Waals surface area contributed by atoms with Crippen LogP contribution in [-0.4, -0.2) is 28.6 Å². The summed E-state index contributed by atoms with van der Waals surface area (Å²) in [7, 11) is 0. The molecular weight excluding hydrogens is 170 g/mol. The molecule has 0 aromatic rings. The van der Waals surface area contributed by atoms with E-state index >= 15 is 0 Å². The lowest BCUT2D eigenvalue weighted by Crippen LogP contribution is -2.37. The van der Waals surface area contributed by atoms with Gasteiger partial charge in [0.05, 0.1) is 5.25 Å². The topological polar surface area (TPSA) is 20.3 Å². The van der Waals surface area contributed by atoms with Gasteiger partial charge in [0.1, 0.15) is 0 Å². The molecule has 1 rings (SSSR count). The lowest BCUT2D eigenvalue weighted by molar-refractivity contribution is -0.130. The summed E-state index contributed by atoms with van der Waals surface area (Å²) in [5.74, 6) is 0.126. The Bertz CT molecular complexity index is 187. The molecule has 0 heterocycles. The molecule has 12 heavy (non-hydrogen) atoms. The second-order valence-corrected chi connectivity index (χ2v) is 3.96. The van der Waals surface area contributed by atoms with Crippen LogP contribution in [0.15, 0.2) is 12.7 Å². The number of hydrogen-bond acceptors (Lipinski definition) is 2. The number of thiol groups is 1. The van der Waals surface area contributed by atoms with Crippen LogP contribution in [-0.2, 0) is 4.79 Å². The number of rotatable bonds is 4. The molecule has 0 radical (unpaired) electrons. The average Bonchev–Trinajstić information content (AvgIpc) is 2.81. The third kappa shape index (κ3) is 2.27. The highest BCUT2D eigenvalue weighted by Gasteiger charge is 2.32. The van der Waals surface area contributed by atoms with Crippen LogP contribution in [0, 0.1) is 0 Å². The second kappa shape index (κ2) is 3.99. The quantitative estimate of drug-likeness (QED) is 0.519.